The molecule has 0 heterocycles. The van der Waals surface area contributed by atoms with Gasteiger partial charge in [0, 0.05) is 5.56 Å². The van der Waals surface area contributed by atoms with Crippen LogP contribution in [0, 0.1) is 23.2 Å². The summed E-state index contributed by atoms with van der Waals surface area (Å²) in [5, 5.41) is 8.57. The highest BCUT2D eigenvalue weighted by Crippen LogP contribution is 2.01. The van der Waals surface area contributed by atoms with Crippen molar-refractivity contribution in [3.05, 3.63) is 47.5 Å². The Hall–Kier alpha value is -2.32. The average molecular weight is 195 g/mol. The normalized spacial score (nSPS) is 9.07. The molecule has 0 spiro atoms. The molecule has 0 aliphatic heterocycles. The van der Waals surface area contributed by atoms with Gasteiger partial charge in [-0.3, -0.25) is 4.79 Å². The predicted molar refractivity (Wildman–Crippen MR) is 57.9 cm³/mol. The van der Waals surface area contributed by atoms with Gasteiger partial charge in [0.2, 0.25) is 5.78 Å². The second-order valence-corrected chi connectivity index (χ2v) is 2.80. The van der Waals surface area contributed by atoms with Crippen LogP contribution in [0.2, 0.25) is 0 Å². The first-order valence-electron chi connectivity index (χ1n) is 4.45. The van der Waals surface area contributed by atoms with E-state index >= 15 is 0 Å². The second-order valence-electron chi connectivity index (χ2n) is 2.80. The number of benzene rings is 1. The van der Waals surface area contributed by atoms with Crippen molar-refractivity contribution in [3.63, 3.8) is 0 Å². The van der Waals surface area contributed by atoms with Crippen LogP contribution in [0.5, 0.6) is 0 Å². The van der Waals surface area contributed by atoms with Crippen molar-refractivity contribution in [2.24, 2.45) is 0 Å². The standard InChI is InChI=1S/C13H9NO/c1-2-3-13(15)9-8-11-4-6-12(10-14)7-5-11/h2-7H,1H3/b3-2+. The lowest BCUT2D eigenvalue weighted by Crippen LogP contribution is -1.85. The minimum atomic E-state index is -0.221. The fourth-order valence-corrected chi connectivity index (χ4v) is 0.955. The van der Waals surface area contributed by atoms with E-state index in [1.54, 1.807) is 37.3 Å². The van der Waals surface area contributed by atoms with E-state index < -0.39 is 0 Å². The number of hydrogen-bond donors (Lipinski definition) is 0. The van der Waals surface area contributed by atoms with Crippen molar-refractivity contribution in [1.82, 2.24) is 0 Å². The highest BCUT2D eigenvalue weighted by Gasteiger charge is 1.90. The largest absolute Gasteiger partial charge is 0.280 e. The Kier molecular flexibility index (Phi) is 3.89. The number of carbonyl (C=O) groups excluding carboxylic acids is 1. The molecular weight excluding hydrogens is 186 g/mol. The molecule has 0 aliphatic carbocycles. The zero-order chi connectivity index (χ0) is 11.1. The van der Waals surface area contributed by atoms with Gasteiger partial charge in [-0.05, 0) is 43.2 Å². The predicted octanol–water partition coefficient (Wildman–Crippen LogP) is 2.05. The molecule has 72 valence electrons. The van der Waals surface area contributed by atoms with Gasteiger partial charge in [0.15, 0.2) is 0 Å². The Morgan fingerprint density at radius 1 is 1.27 bits per heavy atom. The molecule has 1 rings (SSSR count). The number of nitrogens with zero attached hydrogens (tertiary/aromatic N) is 1. The summed E-state index contributed by atoms with van der Waals surface area (Å²) < 4.78 is 0. The maximum Gasteiger partial charge on any atom is 0.228 e. The van der Waals surface area contributed by atoms with Gasteiger partial charge >= 0.3 is 0 Å². The summed E-state index contributed by atoms with van der Waals surface area (Å²) in [5.41, 5.74) is 1.31. The molecular formula is C13H9NO. The first-order chi connectivity index (χ1) is 7.26. The van der Waals surface area contributed by atoms with Crippen LogP contribution < -0.4 is 0 Å². The molecule has 2 nitrogen and oxygen atoms in total. The molecule has 1 aromatic carbocycles. The van der Waals surface area contributed by atoms with Crippen molar-refractivity contribution < 1.29 is 4.79 Å². The van der Waals surface area contributed by atoms with Crippen molar-refractivity contribution in [2.75, 3.05) is 0 Å². The highest BCUT2D eigenvalue weighted by atomic mass is 16.1. The third-order valence-corrected chi connectivity index (χ3v) is 1.66. The fraction of sp³-hybridized carbons (Fsp3) is 0.0769. The first-order valence-corrected chi connectivity index (χ1v) is 4.45. The van der Waals surface area contributed by atoms with Gasteiger partial charge in [-0.2, -0.15) is 5.26 Å². The monoisotopic (exact) mass is 195 g/mol. The van der Waals surface area contributed by atoms with E-state index in [1.807, 2.05) is 6.07 Å². The van der Waals surface area contributed by atoms with Crippen molar-refractivity contribution in [2.45, 2.75) is 6.92 Å². The Morgan fingerprint density at radius 2 is 1.87 bits per heavy atom. The average Bonchev–Trinajstić information content (AvgIpc) is 2.27. The fourth-order valence-electron chi connectivity index (χ4n) is 0.955. The van der Waals surface area contributed by atoms with Gasteiger partial charge < -0.3 is 0 Å². The van der Waals surface area contributed by atoms with E-state index in [0.717, 1.165) is 5.56 Å². The van der Waals surface area contributed by atoms with Crippen LogP contribution in [-0.4, -0.2) is 5.78 Å². The minimum absolute atomic E-state index is 0.221. The zero-order valence-electron chi connectivity index (χ0n) is 8.32. The van der Waals surface area contributed by atoms with Crippen molar-refractivity contribution in [3.8, 4) is 17.9 Å². The SMILES string of the molecule is C/C=C/C(=O)C#Cc1ccc(C#N)cc1. The number of carbonyl (C=O) groups is 1. The van der Waals surface area contributed by atoms with Gasteiger partial charge in [-0.25, -0.2) is 0 Å². The molecule has 0 aromatic heterocycles. The molecule has 0 saturated heterocycles. The first kappa shape index (κ1) is 10.8. The van der Waals surface area contributed by atoms with Gasteiger partial charge in [-0.15, -0.1) is 0 Å². The van der Waals surface area contributed by atoms with Gasteiger partial charge in [-0.1, -0.05) is 12.0 Å². The number of nitriles is 1. The van der Waals surface area contributed by atoms with Gasteiger partial charge in [0.25, 0.3) is 0 Å². The Labute approximate surface area is 88.8 Å². The summed E-state index contributed by atoms with van der Waals surface area (Å²) in [7, 11) is 0. The van der Waals surface area contributed by atoms with Gasteiger partial charge in [0.1, 0.15) is 0 Å². The molecule has 0 atom stereocenters. The van der Waals surface area contributed by atoms with Crippen molar-refractivity contribution >= 4 is 5.78 Å². The van der Waals surface area contributed by atoms with Crippen LogP contribution in [0.3, 0.4) is 0 Å². The van der Waals surface area contributed by atoms with E-state index in [-0.39, 0.29) is 5.78 Å². The van der Waals surface area contributed by atoms with Gasteiger partial charge in [0.05, 0.1) is 11.6 Å². The van der Waals surface area contributed by atoms with Crippen molar-refractivity contribution in [1.29, 1.82) is 5.26 Å². The molecule has 0 saturated carbocycles. The summed E-state index contributed by atoms with van der Waals surface area (Å²) >= 11 is 0. The van der Waals surface area contributed by atoms with Crippen LogP contribution in [-0.2, 0) is 4.79 Å². The molecule has 0 aliphatic rings. The summed E-state index contributed by atoms with van der Waals surface area (Å²) in [6.07, 6.45) is 3.06. The van der Waals surface area contributed by atoms with E-state index in [1.165, 1.54) is 6.08 Å². The summed E-state index contributed by atoms with van der Waals surface area (Å²) in [6, 6.07) is 8.79. The molecule has 0 bridgehead atoms. The van der Waals surface area contributed by atoms with E-state index in [0.29, 0.717) is 5.56 Å². The minimum Gasteiger partial charge on any atom is -0.280 e. The Bertz CT molecular complexity index is 478. The molecule has 0 unspecified atom stereocenters. The maximum atomic E-state index is 11.0. The molecule has 0 amide bonds. The van der Waals surface area contributed by atoms with E-state index in [4.69, 9.17) is 5.26 Å². The lowest BCUT2D eigenvalue weighted by atomic mass is 10.1. The van der Waals surface area contributed by atoms with Crippen LogP contribution >= 0.6 is 0 Å². The lowest BCUT2D eigenvalue weighted by molar-refractivity contribution is -0.109. The summed E-state index contributed by atoms with van der Waals surface area (Å²) in [6.45, 7) is 1.77. The molecule has 0 radical (unpaired) electrons. The maximum absolute atomic E-state index is 11.0. The third-order valence-electron chi connectivity index (χ3n) is 1.66. The molecule has 15 heavy (non-hydrogen) atoms. The highest BCUT2D eigenvalue weighted by molar-refractivity contribution is 6.04. The lowest BCUT2D eigenvalue weighted by Gasteiger charge is -1.88. The van der Waals surface area contributed by atoms with Crippen LogP contribution in [0.25, 0.3) is 0 Å². The van der Waals surface area contributed by atoms with E-state index in [2.05, 4.69) is 11.8 Å². The number of hydrogen-bond acceptors (Lipinski definition) is 2. The second kappa shape index (κ2) is 5.42. The van der Waals surface area contributed by atoms with Crippen LogP contribution in [0.4, 0.5) is 0 Å². The zero-order valence-corrected chi connectivity index (χ0v) is 8.32. The molecule has 0 N–H and O–H groups in total. The quantitative estimate of drug-likeness (QED) is 0.508. The summed E-state index contributed by atoms with van der Waals surface area (Å²) in [4.78, 5) is 11.0. The van der Waals surface area contributed by atoms with E-state index in [9.17, 15) is 4.79 Å². The Morgan fingerprint density at radius 3 is 2.40 bits per heavy atom. The topological polar surface area (TPSA) is 40.9 Å². The molecule has 0 fully saturated rings. The number of ketones is 1. The van der Waals surface area contributed by atoms with Crippen LogP contribution in [0.15, 0.2) is 36.4 Å². The van der Waals surface area contributed by atoms with Crippen LogP contribution in [0.1, 0.15) is 18.1 Å². The molecule has 2 heteroatoms. The number of allylic oxidation sites excluding steroid dienone is 2. The third kappa shape index (κ3) is 3.50. The smallest absolute Gasteiger partial charge is 0.228 e. The number of rotatable bonds is 1. The Balaban J connectivity index is 2.82. The molecule has 1 aromatic rings. The summed E-state index contributed by atoms with van der Waals surface area (Å²) in [5.74, 6) is 4.98.